The summed E-state index contributed by atoms with van der Waals surface area (Å²) < 4.78 is 0. The van der Waals surface area contributed by atoms with Gasteiger partial charge in [-0.05, 0) is 12.1 Å². The summed E-state index contributed by atoms with van der Waals surface area (Å²) >= 11 is 0. The van der Waals surface area contributed by atoms with E-state index in [2.05, 4.69) is 16.4 Å². The highest BCUT2D eigenvalue weighted by Gasteiger charge is 2.17. The fraction of sp³-hybridized carbons (Fsp3) is 0.333. The van der Waals surface area contributed by atoms with Crippen molar-refractivity contribution >= 4 is 16.7 Å². The first kappa shape index (κ1) is 13.3. The highest BCUT2D eigenvalue weighted by atomic mass is 16.3. The predicted molar refractivity (Wildman–Crippen MR) is 75.8 cm³/mol. The van der Waals surface area contributed by atoms with E-state index in [4.69, 9.17) is 0 Å². The zero-order chi connectivity index (χ0) is 13.9. The van der Waals surface area contributed by atoms with E-state index in [0.29, 0.717) is 17.9 Å². The molecule has 0 spiro atoms. The molecule has 2 aromatic rings. The first-order valence-corrected chi connectivity index (χ1v) is 6.20. The predicted octanol–water partition coefficient (Wildman–Crippen LogP) is 2.54. The Morgan fingerprint density at radius 1 is 1.37 bits per heavy atom. The van der Waals surface area contributed by atoms with Gasteiger partial charge in [0, 0.05) is 24.0 Å². The second-order valence-electron chi connectivity index (χ2n) is 5.36. The van der Waals surface area contributed by atoms with E-state index in [0.717, 1.165) is 10.9 Å². The number of hydrogen-bond acceptors (Lipinski definition) is 4. The van der Waals surface area contributed by atoms with E-state index in [-0.39, 0.29) is 12.0 Å². The van der Waals surface area contributed by atoms with Crippen LogP contribution in [-0.2, 0) is 0 Å². The molecule has 0 radical (unpaired) electrons. The van der Waals surface area contributed by atoms with Gasteiger partial charge in [-0.2, -0.15) is 5.26 Å². The molecular weight excluding hydrogens is 238 g/mol. The summed E-state index contributed by atoms with van der Waals surface area (Å²) in [6.07, 6.45) is 0. The molecule has 4 nitrogen and oxygen atoms in total. The summed E-state index contributed by atoms with van der Waals surface area (Å²) in [5.74, 6) is 0.572. The lowest BCUT2D eigenvalue weighted by molar-refractivity contribution is 0.170. The molecule has 0 aliphatic carbocycles. The number of benzene rings is 1. The average Bonchev–Trinajstić information content (AvgIpc) is 2.44. The molecule has 0 unspecified atom stereocenters. The van der Waals surface area contributed by atoms with Crippen molar-refractivity contribution in [3.05, 3.63) is 35.9 Å². The van der Waals surface area contributed by atoms with Gasteiger partial charge in [0.15, 0.2) is 0 Å². The first-order valence-electron chi connectivity index (χ1n) is 6.20. The monoisotopic (exact) mass is 255 g/mol. The van der Waals surface area contributed by atoms with E-state index >= 15 is 0 Å². The van der Waals surface area contributed by atoms with Gasteiger partial charge in [0.05, 0.1) is 11.1 Å². The van der Waals surface area contributed by atoms with Crippen molar-refractivity contribution in [3.8, 4) is 6.07 Å². The Hall–Kier alpha value is -2.12. The number of hydrogen-bond donors (Lipinski definition) is 2. The number of pyridine rings is 1. The fourth-order valence-corrected chi connectivity index (χ4v) is 1.71. The van der Waals surface area contributed by atoms with Gasteiger partial charge < -0.3 is 10.4 Å². The summed E-state index contributed by atoms with van der Waals surface area (Å²) in [4.78, 5) is 4.47. The van der Waals surface area contributed by atoms with Crippen LogP contribution in [0.4, 0.5) is 5.82 Å². The molecule has 0 amide bonds. The summed E-state index contributed by atoms with van der Waals surface area (Å²) in [7, 11) is 0. The van der Waals surface area contributed by atoms with Gasteiger partial charge in [0.25, 0.3) is 0 Å². The second-order valence-corrected chi connectivity index (χ2v) is 5.36. The van der Waals surface area contributed by atoms with E-state index in [1.807, 2.05) is 44.2 Å². The Kier molecular flexibility index (Phi) is 3.68. The van der Waals surface area contributed by atoms with E-state index in [9.17, 15) is 10.4 Å². The number of nitrogens with zero attached hydrogens (tertiary/aromatic N) is 2. The molecule has 4 heteroatoms. The van der Waals surface area contributed by atoms with Crippen LogP contribution in [0, 0.1) is 16.7 Å². The number of nitriles is 1. The van der Waals surface area contributed by atoms with Gasteiger partial charge in [0.2, 0.25) is 0 Å². The van der Waals surface area contributed by atoms with Gasteiger partial charge >= 0.3 is 0 Å². The Morgan fingerprint density at radius 2 is 2.11 bits per heavy atom. The van der Waals surface area contributed by atoms with Crippen LogP contribution in [0.25, 0.3) is 10.9 Å². The van der Waals surface area contributed by atoms with Crippen molar-refractivity contribution in [1.29, 1.82) is 5.26 Å². The highest BCUT2D eigenvalue weighted by molar-refractivity contribution is 5.82. The third-order valence-corrected chi connectivity index (χ3v) is 3.01. The minimum atomic E-state index is -0.250. The number of anilines is 1. The van der Waals surface area contributed by atoms with Crippen molar-refractivity contribution in [2.75, 3.05) is 18.5 Å². The summed E-state index contributed by atoms with van der Waals surface area (Å²) in [5.41, 5.74) is 1.12. The minimum Gasteiger partial charge on any atom is -0.396 e. The summed E-state index contributed by atoms with van der Waals surface area (Å²) in [5, 5.41) is 22.5. The third kappa shape index (κ3) is 3.01. The normalized spacial score (nSPS) is 11.3. The van der Waals surface area contributed by atoms with Crippen LogP contribution in [0.1, 0.15) is 19.4 Å². The number of fused-ring (bicyclic) bond motifs is 1. The zero-order valence-electron chi connectivity index (χ0n) is 11.1. The van der Waals surface area contributed by atoms with Crippen LogP contribution in [0.15, 0.2) is 30.3 Å². The molecule has 1 aromatic heterocycles. The van der Waals surface area contributed by atoms with Gasteiger partial charge in [-0.1, -0.05) is 32.0 Å². The Morgan fingerprint density at radius 3 is 2.79 bits per heavy atom. The molecule has 0 aliphatic heterocycles. The number of rotatable bonds is 4. The summed E-state index contributed by atoms with van der Waals surface area (Å²) in [6.45, 7) is 4.54. The summed E-state index contributed by atoms with van der Waals surface area (Å²) in [6, 6.07) is 11.7. The van der Waals surface area contributed by atoms with E-state index in [1.165, 1.54) is 0 Å². The minimum absolute atomic E-state index is 0.0788. The quantitative estimate of drug-likeness (QED) is 0.880. The lowest BCUT2D eigenvalue weighted by Gasteiger charge is -2.22. The first-order chi connectivity index (χ1) is 9.05. The Bertz CT molecular complexity index is 629. The maximum Gasteiger partial charge on any atom is 0.144 e. The number of aromatic nitrogens is 1. The molecule has 0 saturated carbocycles. The largest absolute Gasteiger partial charge is 0.396 e. The molecule has 98 valence electrons. The molecule has 1 heterocycles. The number of aliphatic hydroxyl groups is 1. The van der Waals surface area contributed by atoms with Crippen LogP contribution in [0.3, 0.4) is 0 Å². The zero-order valence-corrected chi connectivity index (χ0v) is 11.1. The van der Waals surface area contributed by atoms with Crippen molar-refractivity contribution in [2.45, 2.75) is 13.8 Å². The maximum absolute atomic E-state index is 9.24. The van der Waals surface area contributed by atoms with Crippen molar-refractivity contribution < 1.29 is 5.11 Å². The van der Waals surface area contributed by atoms with Gasteiger partial charge in [-0.15, -0.1) is 0 Å². The Labute approximate surface area is 112 Å². The molecule has 19 heavy (non-hydrogen) atoms. The van der Waals surface area contributed by atoms with Crippen LogP contribution < -0.4 is 5.32 Å². The van der Waals surface area contributed by atoms with Gasteiger partial charge in [-0.3, -0.25) is 0 Å². The fourth-order valence-electron chi connectivity index (χ4n) is 1.71. The molecule has 0 fully saturated rings. The highest BCUT2D eigenvalue weighted by Crippen LogP contribution is 2.21. The van der Waals surface area contributed by atoms with Crippen LogP contribution in [0.5, 0.6) is 0 Å². The molecule has 1 aromatic carbocycles. The lowest BCUT2D eigenvalue weighted by Crippen LogP contribution is -2.27. The molecule has 0 saturated heterocycles. The molecular formula is C15H17N3O. The van der Waals surface area contributed by atoms with Gasteiger partial charge in [0.1, 0.15) is 11.9 Å². The van der Waals surface area contributed by atoms with Crippen molar-refractivity contribution in [1.82, 2.24) is 4.98 Å². The SMILES string of the molecule is CC(C)(CO)CNc1nc2ccccc2cc1C#N. The number of para-hydroxylation sites is 1. The van der Waals surface area contributed by atoms with E-state index < -0.39 is 0 Å². The van der Waals surface area contributed by atoms with Crippen LogP contribution >= 0.6 is 0 Å². The number of nitrogens with one attached hydrogen (secondary N) is 1. The average molecular weight is 255 g/mol. The molecule has 0 aliphatic rings. The van der Waals surface area contributed by atoms with Crippen LogP contribution in [0.2, 0.25) is 0 Å². The van der Waals surface area contributed by atoms with Crippen LogP contribution in [-0.4, -0.2) is 23.2 Å². The van der Waals surface area contributed by atoms with Crippen molar-refractivity contribution in [2.24, 2.45) is 5.41 Å². The number of aliphatic hydroxyl groups excluding tert-OH is 1. The van der Waals surface area contributed by atoms with E-state index in [1.54, 1.807) is 0 Å². The molecule has 0 bridgehead atoms. The lowest BCUT2D eigenvalue weighted by atomic mass is 9.95. The topological polar surface area (TPSA) is 68.9 Å². The molecule has 2 rings (SSSR count). The second kappa shape index (κ2) is 5.25. The third-order valence-electron chi connectivity index (χ3n) is 3.01. The molecule has 0 atom stereocenters. The van der Waals surface area contributed by atoms with Crippen molar-refractivity contribution in [3.63, 3.8) is 0 Å². The standard InChI is InChI=1S/C15H17N3O/c1-15(2,10-19)9-17-14-12(8-16)7-11-5-3-4-6-13(11)18-14/h3-7,19H,9-10H2,1-2H3,(H,17,18). The molecule has 2 N–H and O–H groups in total. The smallest absolute Gasteiger partial charge is 0.144 e. The Balaban J connectivity index is 2.34. The maximum atomic E-state index is 9.24. The van der Waals surface area contributed by atoms with Gasteiger partial charge in [-0.25, -0.2) is 4.98 Å².